The zero-order chi connectivity index (χ0) is 16.4. The van der Waals surface area contributed by atoms with Gasteiger partial charge >= 0.3 is 0 Å². The van der Waals surface area contributed by atoms with Gasteiger partial charge in [0.25, 0.3) is 5.56 Å². The highest BCUT2D eigenvalue weighted by Gasteiger charge is 2.13. The molecule has 5 heteroatoms. The van der Waals surface area contributed by atoms with Gasteiger partial charge in [-0.1, -0.05) is 47.6 Å². The molecule has 0 unspecified atom stereocenters. The second-order valence-electron chi connectivity index (χ2n) is 5.27. The molecule has 0 saturated heterocycles. The molecular formula is C18H15ClN2OS. The first-order chi connectivity index (χ1) is 11.1. The third-order valence-electron chi connectivity index (χ3n) is 3.28. The molecular weight excluding hydrogens is 328 g/mol. The van der Waals surface area contributed by atoms with E-state index in [2.05, 4.69) is 11.6 Å². The van der Waals surface area contributed by atoms with Gasteiger partial charge in [0.15, 0.2) is 5.16 Å². The van der Waals surface area contributed by atoms with Gasteiger partial charge in [0.1, 0.15) is 0 Å². The highest BCUT2D eigenvalue weighted by Crippen LogP contribution is 2.23. The lowest BCUT2D eigenvalue weighted by Gasteiger charge is -2.13. The smallest absolute Gasteiger partial charge is 0.266 e. The molecule has 0 atom stereocenters. The molecule has 0 aliphatic heterocycles. The number of para-hydroxylation sites is 1. The summed E-state index contributed by atoms with van der Waals surface area (Å²) in [6.07, 6.45) is 0. The fourth-order valence-electron chi connectivity index (χ4n) is 2.21. The zero-order valence-corrected chi connectivity index (χ0v) is 14.2. The van der Waals surface area contributed by atoms with Gasteiger partial charge in [-0.3, -0.25) is 9.36 Å². The van der Waals surface area contributed by atoms with Gasteiger partial charge in [0.05, 0.1) is 16.6 Å². The van der Waals surface area contributed by atoms with E-state index in [4.69, 9.17) is 11.6 Å². The summed E-state index contributed by atoms with van der Waals surface area (Å²) < 4.78 is 1.63. The van der Waals surface area contributed by atoms with E-state index in [1.165, 1.54) is 11.8 Å². The number of benzene rings is 2. The number of halogens is 1. The van der Waals surface area contributed by atoms with Gasteiger partial charge in [0, 0.05) is 10.8 Å². The van der Waals surface area contributed by atoms with Crippen molar-refractivity contribution < 1.29 is 0 Å². The Kier molecular flexibility index (Phi) is 4.55. The molecule has 1 aromatic heterocycles. The van der Waals surface area contributed by atoms with Gasteiger partial charge in [-0.2, -0.15) is 0 Å². The highest BCUT2D eigenvalue weighted by atomic mass is 35.5. The van der Waals surface area contributed by atoms with Crippen LogP contribution < -0.4 is 5.56 Å². The van der Waals surface area contributed by atoms with E-state index in [0.29, 0.717) is 26.8 Å². The lowest BCUT2D eigenvalue weighted by Crippen LogP contribution is -2.21. The van der Waals surface area contributed by atoms with Crippen LogP contribution in [0.3, 0.4) is 0 Å². The summed E-state index contributed by atoms with van der Waals surface area (Å²) in [5.74, 6) is 0.707. The van der Waals surface area contributed by atoms with Crippen molar-refractivity contribution in [1.29, 1.82) is 0 Å². The quantitative estimate of drug-likeness (QED) is 0.391. The van der Waals surface area contributed by atoms with Crippen molar-refractivity contribution in [2.45, 2.75) is 12.1 Å². The van der Waals surface area contributed by atoms with E-state index < -0.39 is 0 Å². The second kappa shape index (κ2) is 6.60. The molecule has 0 saturated carbocycles. The van der Waals surface area contributed by atoms with Crippen LogP contribution in [0.1, 0.15) is 6.92 Å². The molecule has 0 amide bonds. The van der Waals surface area contributed by atoms with Crippen LogP contribution in [0.5, 0.6) is 0 Å². The SMILES string of the molecule is C=C(C)CSc1nc2ccccc2c(=O)n1-c1ccc(Cl)cc1. The average Bonchev–Trinajstić information content (AvgIpc) is 2.54. The minimum atomic E-state index is -0.0814. The maximum Gasteiger partial charge on any atom is 0.266 e. The largest absolute Gasteiger partial charge is 0.268 e. The van der Waals surface area contributed by atoms with Gasteiger partial charge in [-0.25, -0.2) is 4.98 Å². The summed E-state index contributed by atoms with van der Waals surface area (Å²) in [6, 6.07) is 14.6. The Morgan fingerprint density at radius 1 is 1.22 bits per heavy atom. The van der Waals surface area contributed by atoms with Crippen LogP contribution in [-0.4, -0.2) is 15.3 Å². The van der Waals surface area contributed by atoms with Crippen LogP contribution >= 0.6 is 23.4 Å². The van der Waals surface area contributed by atoms with Crippen LogP contribution in [0.15, 0.2) is 70.6 Å². The number of aromatic nitrogens is 2. The number of rotatable bonds is 4. The maximum atomic E-state index is 12.9. The van der Waals surface area contributed by atoms with Crippen molar-refractivity contribution in [1.82, 2.24) is 9.55 Å². The van der Waals surface area contributed by atoms with Gasteiger partial charge in [-0.05, 0) is 43.3 Å². The van der Waals surface area contributed by atoms with E-state index in [-0.39, 0.29) is 5.56 Å². The second-order valence-corrected chi connectivity index (χ2v) is 6.65. The fourth-order valence-corrected chi connectivity index (χ4v) is 3.20. The minimum Gasteiger partial charge on any atom is -0.268 e. The molecule has 1 heterocycles. The fraction of sp³-hybridized carbons (Fsp3) is 0.111. The molecule has 0 bridgehead atoms. The molecule has 3 rings (SSSR count). The maximum absolute atomic E-state index is 12.9. The van der Waals surface area contributed by atoms with E-state index in [1.807, 2.05) is 37.3 Å². The van der Waals surface area contributed by atoms with E-state index >= 15 is 0 Å². The summed E-state index contributed by atoms with van der Waals surface area (Å²) in [6.45, 7) is 5.87. The van der Waals surface area contributed by atoms with Crippen molar-refractivity contribution in [2.24, 2.45) is 0 Å². The Labute approximate surface area is 143 Å². The Bertz CT molecular complexity index is 932. The van der Waals surface area contributed by atoms with Crippen LogP contribution in [0.25, 0.3) is 16.6 Å². The highest BCUT2D eigenvalue weighted by molar-refractivity contribution is 7.99. The van der Waals surface area contributed by atoms with Crippen molar-refractivity contribution in [3.63, 3.8) is 0 Å². The Morgan fingerprint density at radius 2 is 1.91 bits per heavy atom. The van der Waals surface area contributed by atoms with E-state index in [9.17, 15) is 4.79 Å². The summed E-state index contributed by atoms with van der Waals surface area (Å²) in [5, 5.41) is 1.88. The normalized spacial score (nSPS) is 10.9. The first-order valence-electron chi connectivity index (χ1n) is 7.11. The van der Waals surface area contributed by atoms with Crippen molar-refractivity contribution in [3.05, 3.63) is 76.1 Å². The summed E-state index contributed by atoms with van der Waals surface area (Å²) >= 11 is 7.46. The molecule has 3 aromatic rings. The molecule has 0 aliphatic rings. The molecule has 0 fully saturated rings. The lowest BCUT2D eigenvalue weighted by molar-refractivity contribution is 0.820. The Morgan fingerprint density at radius 3 is 2.61 bits per heavy atom. The van der Waals surface area contributed by atoms with Crippen LogP contribution in [-0.2, 0) is 0 Å². The first kappa shape index (κ1) is 15.8. The topological polar surface area (TPSA) is 34.9 Å². The predicted octanol–water partition coefficient (Wildman–Crippen LogP) is 4.71. The minimum absolute atomic E-state index is 0.0814. The van der Waals surface area contributed by atoms with Crippen LogP contribution in [0.2, 0.25) is 5.02 Å². The average molecular weight is 343 g/mol. The number of nitrogens with zero attached hydrogens (tertiary/aromatic N) is 2. The summed E-state index contributed by atoms with van der Waals surface area (Å²) in [5.41, 5.74) is 2.40. The number of hydrogen-bond acceptors (Lipinski definition) is 3. The number of thioether (sulfide) groups is 1. The van der Waals surface area contributed by atoms with Crippen molar-refractivity contribution in [3.8, 4) is 5.69 Å². The van der Waals surface area contributed by atoms with Crippen molar-refractivity contribution >= 4 is 34.3 Å². The molecule has 116 valence electrons. The Balaban J connectivity index is 2.25. The first-order valence-corrected chi connectivity index (χ1v) is 8.47. The molecule has 0 aliphatic carbocycles. The van der Waals surface area contributed by atoms with Crippen LogP contribution in [0.4, 0.5) is 0 Å². The third-order valence-corrected chi connectivity index (χ3v) is 4.70. The standard InChI is InChI=1S/C18H15ClN2OS/c1-12(2)11-23-18-20-16-6-4-3-5-15(16)17(22)21(18)14-9-7-13(19)8-10-14/h3-10H,1,11H2,2H3. The molecule has 0 radical (unpaired) electrons. The van der Waals surface area contributed by atoms with Gasteiger partial charge < -0.3 is 0 Å². The Hall–Kier alpha value is -2.04. The lowest BCUT2D eigenvalue weighted by atomic mass is 10.2. The number of fused-ring (bicyclic) bond motifs is 1. The monoisotopic (exact) mass is 342 g/mol. The number of hydrogen-bond donors (Lipinski definition) is 0. The molecule has 0 spiro atoms. The summed E-state index contributed by atoms with van der Waals surface area (Å²) in [4.78, 5) is 17.6. The molecule has 23 heavy (non-hydrogen) atoms. The molecule has 3 nitrogen and oxygen atoms in total. The van der Waals surface area contributed by atoms with Crippen LogP contribution in [0, 0.1) is 0 Å². The zero-order valence-electron chi connectivity index (χ0n) is 12.6. The summed E-state index contributed by atoms with van der Waals surface area (Å²) in [7, 11) is 0. The van der Waals surface area contributed by atoms with Gasteiger partial charge in [-0.15, -0.1) is 0 Å². The molecule has 0 N–H and O–H groups in total. The van der Waals surface area contributed by atoms with Gasteiger partial charge in [0.2, 0.25) is 0 Å². The van der Waals surface area contributed by atoms with E-state index in [1.54, 1.807) is 22.8 Å². The molecule has 2 aromatic carbocycles. The van der Waals surface area contributed by atoms with E-state index in [0.717, 1.165) is 11.3 Å². The predicted molar refractivity (Wildman–Crippen MR) is 97.9 cm³/mol. The third kappa shape index (κ3) is 3.33. The van der Waals surface area contributed by atoms with Crippen molar-refractivity contribution in [2.75, 3.05) is 5.75 Å².